The molecule has 0 spiro atoms. The van der Waals surface area contributed by atoms with Gasteiger partial charge >= 0.3 is 0 Å². The number of hydrogen-bond donors (Lipinski definition) is 2. The molecule has 0 saturated carbocycles. The van der Waals surface area contributed by atoms with E-state index in [1.807, 2.05) is 6.92 Å². The van der Waals surface area contributed by atoms with Gasteiger partial charge in [0.1, 0.15) is 9.71 Å². The molecule has 0 fully saturated rings. The Hall–Kier alpha value is -1.88. The average Bonchev–Trinajstić information content (AvgIpc) is 3.01. The second kappa shape index (κ2) is 4.90. The first-order valence-corrected chi connectivity index (χ1v) is 7.56. The van der Waals surface area contributed by atoms with Crippen LogP contribution in [0.4, 0.5) is 5.69 Å². The summed E-state index contributed by atoms with van der Waals surface area (Å²) < 4.78 is 0. The summed E-state index contributed by atoms with van der Waals surface area (Å²) in [5.74, 6) is -0.155. The topological polar surface area (TPSA) is 68.0 Å². The number of aryl methyl sites for hydroxylation is 2. The molecule has 20 heavy (non-hydrogen) atoms. The molecule has 1 aliphatic carbocycles. The van der Waals surface area contributed by atoms with Crippen LogP contribution in [0.5, 0.6) is 0 Å². The van der Waals surface area contributed by atoms with E-state index in [1.165, 1.54) is 16.9 Å². The third kappa shape index (κ3) is 2.08. The lowest BCUT2D eigenvalue weighted by atomic mass is 10.1. The third-order valence-electron chi connectivity index (χ3n) is 3.67. The Morgan fingerprint density at radius 3 is 3.15 bits per heavy atom. The van der Waals surface area contributed by atoms with Crippen molar-refractivity contribution in [3.8, 4) is 0 Å². The second-order valence-corrected chi connectivity index (χ2v) is 6.14. The number of carbonyl (C=O) groups excluding carboxylic acids is 1. The molecule has 104 valence electrons. The molecular weight excluding hydrogens is 270 g/mol. The summed E-state index contributed by atoms with van der Waals surface area (Å²) in [7, 11) is 0. The van der Waals surface area contributed by atoms with Crippen LogP contribution in [0.1, 0.15) is 34.3 Å². The molecule has 1 unspecified atom stereocenters. The van der Waals surface area contributed by atoms with Crippen molar-refractivity contribution >= 4 is 33.1 Å². The molecule has 1 amide bonds. The Morgan fingerprint density at radius 1 is 1.60 bits per heavy atom. The van der Waals surface area contributed by atoms with E-state index in [4.69, 9.17) is 5.73 Å². The van der Waals surface area contributed by atoms with Crippen LogP contribution in [0.15, 0.2) is 18.7 Å². The van der Waals surface area contributed by atoms with E-state index in [9.17, 15) is 4.79 Å². The zero-order valence-corrected chi connectivity index (χ0v) is 12.2. The molecule has 2 heterocycles. The van der Waals surface area contributed by atoms with Gasteiger partial charge in [0.15, 0.2) is 0 Å². The molecule has 0 aliphatic heterocycles. The van der Waals surface area contributed by atoms with Gasteiger partial charge in [-0.25, -0.2) is 4.98 Å². The van der Waals surface area contributed by atoms with Gasteiger partial charge in [0.2, 0.25) is 0 Å². The number of amides is 1. The first kappa shape index (κ1) is 13.1. The number of nitrogen functional groups attached to an aromatic ring is 1. The van der Waals surface area contributed by atoms with E-state index >= 15 is 0 Å². The van der Waals surface area contributed by atoms with E-state index < -0.39 is 0 Å². The van der Waals surface area contributed by atoms with E-state index in [2.05, 4.69) is 22.9 Å². The molecular formula is C15H17N3OS. The SMILES string of the molecule is C=CC(C)NC(=O)c1sc2nc3c(cc2c1N)CCC3. The maximum Gasteiger partial charge on any atom is 0.264 e. The molecule has 2 aromatic heterocycles. The molecule has 3 N–H and O–H groups in total. The van der Waals surface area contributed by atoms with Crippen molar-refractivity contribution in [3.05, 3.63) is 34.9 Å². The zero-order valence-electron chi connectivity index (χ0n) is 11.4. The van der Waals surface area contributed by atoms with Crippen LogP contribution in [0, 0.1) is 0 Å². The smallest absolute Gasteiger partial charge is 0.264 e. The Kier molecular flexibility index (Phi) is 3.22. The van der Waals surface area contributed by atoms with E-state index in [1.54, 1.807) is 6.08 Å². The molecule has 4 nitrogen and oxygen atoms in total. The first-order chi connectivity index (χ1) is 9.60. The van der Waals surface area contributed by atoms with Gasteiger partial charge in [0, 0.05) is 17.1 Å². The number of nitrogens with two attached hydrogens (primary N) is 1. The van der Waals surface area contributed by atoms with Gasteiger partial charge in [-0.2, -0.15) is 0 Å². The molecule has 1 aliphatic rings. The molecule has 5 heteroatoms. The molecule has 0 bridgehead atoms. The highest BCUT2D eigenvalue weighted by molar-refractivity contribution is 7.21. The van der Waals surface area contributed by atoms with Gasteiger partial charge in [-0.3, -0.25) is 4.79 Å². The number of pyridine rings is 1. The molecule has 3 rings (SSSR count). The lowest BCUT2D eigenvalue weighted by molar-refractivity contribution is 0.0952. The minimum atomic E-state index is -0.155. The predicted molar refractivity (Wildman–Crippen MR) is 83.2 cm³/mol. The minimum absolute atomic E-state index is 0.0786. The highest BCUT2D eigenvalue weighted by Crippen LogP contribution is 2.35. The van der Waals surface area contributed by atoms with Crippen LogP contribution >= 0.6 is 11.3 Å². The average molecular weight is 287 g/mol. The van der Waals surface area contributed by atoms with Crippen molar-refractivity contribution in [2.75, 3.05) is 5.73 Å². The Morgan fingerprint density at radius 2 is 2.40 bits per heavy atom. The fourth-order valence-electron chi connectivity index (χ4n) is 2.50. The summed E-state index contributed by atoms with van der Waals surface area (Å²) in [6.45, 7) is 5.54. The van der Waals surface area contributed by atoms with Crippen LogP contribution in [-0.2, 0) is 12.8 Å². The largest absolute Gasteiger partial charge is 0.397 e. The quantitative estimate of drug-likeness (QED) is 0.853. The van der Waals surface area contributed by atoms with Gasteiger partial charge in [-0.15, -0.1) is 17.9 Å². The molecule has 2 aromatic rings. The summed E-state index contributed by atoms with van der Waals surface area (Å²) in [4.78, 5) is 18.3. The van der Waals surface area contributed by atoms with E-state index in [0.29, 0.717) is 10.6 Å². The summed E-state index contributed by atoms with van der Waals surface area (Å²) in [5, 5.41) is 3.76. The highest BCUT2D eigenvalue weighted by Gasteiger charge is 2.21. The number of hydrogen-bond acceptors (Lipinski definition) is 4. The van der Waals surface area contributed by atoms with Gasteiger partial charge < -0.3 is 11.1 Å². The number of rotatable bonds is 3. The maximum atomic E-state index is 12.2. The summed E-state index contributed by atoms with van der Waals surface area (Å²) >= 11 is 1.37. The Balaban J connectivity index is 2.03. The van der Waals surface area contributed by atoms with E-state index in [-0.39, 0.29) is 11.9 Å². The van der Waals surface area contributed by atoms with Crippen LogP contribution in [0.3, 0.4) is 0 Å². The van der Waals surface area contributed by atoms with Crippen molar-refractivity contribution in [1.29, 1.82) is 0 Å². The van der Waals surface area contributed by atoms with E-state index in [0.717, 1.165) is 35.2 Å². The van der Waals surface area contributed by atoms with Crippen molar-refractivity contribution in [3.63, 3.8) is 0 Å². The number of carbonyl (C=O) groups is 1. The maximum absolute atomic E-state index is 12.2. The fourth-order valence-corrected chi connectivity index (χ4v) is 3.50. The van der Waals surface area contributed by atoms with Crippen molar-refractivity contribution in [2.45, 2.75) is 32.2 Å². The lowest BCUT2D eigenvalue weighted by Crippen LogP contribution is -2.30. The highest BCUT2D eigenvalue weighted by atomic mass is 32.1. The van der Waals surface area contributed by atoms with Crippen LogP contribution in [0.25, 0.3) is 10.2 Å². The lowest BCUT2D eigenvalue weighted by Gasteiger charge is -2.07. The van der Waals surface area contributed by atoms with Crippen LogP contribution in [-0.4, -0.2) is 16.9 Å². The molecule has 0 aromatic carbocycles. The van der Waals surface area contributed by atoms with Gasteiger partial charge in [-0.1, -0.05) is 6.08 Å². The van der Waals surface area contributed by atoms with Crippen molar-refractivity contribution < 1.29 is 4.79 Å². The predicted octanol–water partition coefficient (Wildman–Crippen LogP) is 2.67. The Labute approximate surface area is 121 Å². The second-order valence-electron chi connectivity index (χ2n) is 5.14. The summed E-state index contributed by atoms with van der Waals surface area (Å²) in [6, 6.07) is 2.02. The normalized spacial score (nSPS) is 15.1. The summed E-state index contributed by atoms with van der Waals surface area (Å²) in [5.41, 5.74) is 9.11. The molecule has 0 saturated heterocycles. The number of aromatic nitrogens is 1. The monoisotopic (exact) mass is 287 g/mol. The van der Waals surface area contributed by atoms with Crippen LogP contribution < -0.4 is 11.1 Å². The van der Waals surface area contributed by atoms with Gasteiger partial charge in [0.05, 0.1) is 5.69 Å². The minimum Gasteiger partial charge on any atom is -0.397 e. The zero-order chi connectivity index (χ0) is 14.3. The summed E-state index contributed by atoms with van der Waals surface area (Å²) in [6.07, 6.45) is 4.93. The van der Waals surface area contributed by atoms with Crippen LogP contribution in [0.2, 0.25) is 0 Å². The van der Waals surface area contributed by atoms with Gasteiger partial charge in [-0.05, 0) is 37.8 Å². The number of nitrogens with zero attached hydrogens (tertiary/aromatic N) is 1. The van der Waals surface area contributed by atoms with Crippen molar-refractivity contribution in [2.24, 2.45) is 0 Å². The molecule has 0 radical (unpaired) electrons. The standard InChI is InChI=1S/C15H17N3OS/c1-3-8(2)17-14(19)13-12(16)10-7-9-5-4-6-11(9)18-15(10)20-13/h3,7-8H,1,4-6,16H2,2H3,(H,17,19). The first-order valence-electron chi connectivity index (χ1n) is 6.74. The number of thiophene rings is 1. The third-order valence-corrected chi connectivity index (χ3v) is 4.78. The number of fused-ring (bicyclic) bond motifs is 2. The van der Waals surface area contributed by atoms with Gasteiger partial charge in [0.25, 0.3) is 5.91 Å². The number of nitrogens with one attached hydrogen (secondary N) is 1. The Bertz CT molecular complexity index is 705. The molecule has 1 atom stereocenters. The fraction of sp³-hybridized carbons (Fsp3) is 0.333. The van der Waals surface area contributed by atoms with Crippen molar-refractivity contribution in [1.82, 2.24) is 10.3 Å². The number of anilines is 1.